The Kier molecular flexibility index (Phi) is 5.84. The van der Waals surface area contributed by atoms with E-state index in [4.69, 9.17) is 4.74 Å². The van der Waals surface area contributed by atoms with Crippen molar-refractivity contribution in [3.63, 3.8) is 0 Å². The van der Waals surface area contributed by atoms with Gasteiger partial charge in [-0.1, -0.05) is 24.3 Å². The fourth-order valence-corrected chi connectivity index (χ4v) is 2.80. The van der Waals surface area contributed by atoms with Gasteiger partial charge in [-0.2, -0.15) is 5.10 Å². The third-order valence-electron chi connectivity index (χ3n) is 4.07. The van der Waals surface area contributed by atoms with Crippen LogP contribution in [-0.2, 0) is 20.0 Å². The quantitative estimate of drug-likeness (QED) is 0.855. The number of carbonyl (C=O) groups is 1. The van der Waals surface area contributed by atoms with Crippen LogP contribution in [-0.4, -0.2) is 29.0 Å². The van der Waals surface area contributed by atoms with E-state index in [0.29, 0.717) is 12.4 Å². The molecule has 2 N–H and O–H groups in total. The zero-order chi connectivity index (χ0) is 17.7. The van der Waals surface area contributed by atoms with Gasteiger partial charge in [0.2, 0.25) is 5.88 Å². The summed E-state index contributed by atoms with van der Waals surface area (Å²) >= 11 is 0. The summed E-state index contributed by atoms with van der Waals surface area (Å²) in [5.41, 5.74) is 4.22. The van der Waals surface area contributed by atoms with E-state index in [1.165, 1.54) is 11.1 Å². The lowest BCUT2D eigenvalue weighted by atomic mass is 10.0. The van der Waals surface area contributed by atoms with Gasteiger partial charge in [0.25, 0.3) is 0 Å². The summed E-state index contributed by atoms with van der Waals surface area (Å²) in [5, 5.41) is 10.2. The van der Waals surface area contributed by atoms with Gasteiger partial charge in [-0.25, -0.2) is 9.48 Å². The van der Waals surface area contributed by atoms with Gasteiger partial charge in [-0.3, -0.25) is 0 Å². The van der Waals surface area contributed by atoms with E-state index < -0.39 is 0 Å². The Hall–Kier alpha value is -2.50. The zero-order valence-electron chi connectivity index (χ0n) is 15.0. The van der Waals surface area contributed by atoms with E-state index in [1.807, 2.05) is 33.0 Å². The highest BCUT2D eigenvalue weighted by atomic mass is 16.5. The third-order valence-corrected chi connectivity index (χ3v) is 4.07. The summed E-state index contributed by atoms with van der Waals surface area (Å²) in [6, 6.07) is 8.07. The fourth-order valence-electron chi connectivity index (χ4n) is 2.80. The maximum Gasteiger partial charge on any atom is 0.315 e. The second kappa shape index (κ2) is 7.86. The number of nitrogens with zero attached hydrogens (tertiary/aromatic N) is 2. The molecule has 0 saturated carbocycles. The van der Waals surface area contributed by atoms with E-state index in [0.717, 1.165) is 17.7 Å². The Morgan fingerprint density at radius 1 is 1.33 bits per heavy atom. The van der Waals surface area contributed by atoms with Crippen molar-refractivity contribution in [2.75, 3.05) is 7.11 Å². The summed E-state index contributed by atoms with van der Waals surface area (Å²) in [5.74, 6) is 0.667. The molecular formula is C18H26N4O2. The summed E-state index contributed by atoms with van der Waals surface area (Å²) in [7, 11) is 3.42. The normalized spacial score (nSPS) is 11.9. The summed E-state index contributed by atoms with van der Waals surface area (Å²) < 4.78 is 7.00. The highest BCUT2D eigenvalue weighted by molar-refractivity contribution is 5.74. The van der Waals surface area contributed by atoms with Gasteiger partial charge < -0.3 is 15.4 Å². The number of rotatable bonds is 6. The van der Waals surface area contributed by atoms with Crippen LogP contribution in [0.4, 0.5) is 4.79 Å². The number of methoxy groups -OCH3 is 1. The lowest BCUT2D eigenvalue weighted by Gasteiger charge is -2.16. The van der Waals surface area contributed by atoms with Crippen molar-refractivity contribution in [1.29, 1.82) is 0 Å². The maximum absolute atomic E-state index is 12.1. The number of nitrogens with one attached hydrogen (secondary N) is 2. The summed E-state index contributed by atoms with van der Waals surface area (Å²) in [6.45, 7) is 6.37. The first-order chi connectivity index (χ1) is 11.4. The Morgan fingerprint density at radius 3 is 2.71 bits per heavy atom. The number of benzene rings is 1. The first-order valence-electron chi connectivity index (χ1n) is 8.07. The van der Waals surface area contributed by atoms with Crippen LogP contribution in [0.3, 0.4) is 0 Å². The van der Waals surface area contributed by atoms with Gasteiger partial charge in [0.15, 0.2) is 0 Å². The van der Waals surface area contributed by atoms with Crippen molar-refractivity contribution in [2.45, 2.75) is 39.8 Å². The minimum Gasteiger partial charge on any atom is -0.481 e. The second-order valence-electron chi connectivity index (χ2n) is 6.06. The number of hydrogen-bond donors (Lipinski definition) is 2. The average Bonchev–Trinajstić information content (AvgIpc) is 2.80. The number of hydrogen-bond acceptors (Lipinski definition) is 3. The first-order valence-corrected chi connectivity index (χ1v) is 8.07. The first kappa shape index (κ1) is 17.8. The molecule has 6 nitrogen and oxygen atoms in total. The number of amides is 2. The van der Waals surface area contributed by atoms with Gasteiger partial charge in [-0.05, 0) is 38.3 Å². The van der Waals surface area contributed by atoms with Crippen LogP contribution < -0.4 is 15.4 Å². The lowest BCUT2D eigenvalue weighted by Crippen LogP contribution is -2.41. The smallest absolute Gasteiger partial charge is 0.315 e. The Balaban J connectivity index is 1.88. The molecule has 2 amide bonds. The second-order valence-corrected chi connectivity index (χ2v) is 6.06. The minimum atomic E-state index is -0.193. The van der Waals surface area contributed by atoms with Crippen LogP contribution in [0.15, 0.2) is 24.3 Å². The molecular weight excluding hydrogens is 304 g/mol. The topological polar surface area (TPSA) is 68.2 Å². The standard InChI is InChI=1S/C18H26N4O2/c1-12-8-6-7-9-15(12)10-13(2)20-18(23)19-11-16-14(3)21-22(4)17(16)24-5/h6-9,13H,10-11H2,1-5H3,(H2,19,20,23). The monoisotopic (exact) mass is 330 g/mol. The molecule has 2 rings (SSSR count). The third kappa shape index (κ3) is 4.28. The van der Waals surface area contributed by atoms with Gasteiger partial charge in [0.05, 0.1) is 24.9 Å². The van der Waals surface area contributed by atoms with Crippen molar-refractivity contribution in [1.82, 2.24) is 20.4 Å². The SMILES string of the molecule is COc1c(CNC(=O)NC(C)Cc2ccccc2C)c(C)nn1C. The van der Waals surface area contributed by atoms with Crippen LogP contribution >= 0.6 is 0 Å². The van der Waals surface area contributed by atoms with E-state index in [-0.39, 0.29) is 12.1 Å². The van der Waals surface area contributed by atoms with Crippen LogP contribution in [0.5, 0.6) is 5.88 Å². The molecule has 1 heterocycles. The Labute approximate surface area is 143 Å². The van der Waals surface area contributed by atoms with E-state index >= 15 is 0 Å². The van der Waals surface area contributed by atoms with Gasteiger partial charge in [0.1, 0.15) is 0 Å². The Bertz CT molecular complexity index is 709. The van der Waals surface area contributed by atoms with Crippen molar-refractivity contribution >= 4 is 6.03 Å². The van der Waals surface area contributed by atoms with Crippen LogP contribution in [0.25, 0.3) is 0 Å². The molecule has 1 unspecified atom stereocenters. The molecule has 0 radical (unpaired) electrons. The summed E-state index contributed by atoms with van der Waals surface area (Å²) in [6.07, 6.45) is 0.801. The molecule has 0 aliphatic carbocycles. The van der Waals surface area contributed by atoms with E-state index in [2.05, 4.69) is 34.8 Å². The largest absolute Gasteiger partial charge is 0.481 e. The molecule has 130 valence electrons. The van der Waals surface area contributed by atoms with Crippen molar-refractivity contribution < 1.29 is 9.53 Å². The predicted octanol–water partition coefficient (Wildman–Crippen LogP) is 2.48. The molecule has 0 aliphatic heterocycles. The van der Waals surface area contributed by atoms with Gasteiger partial charge >= 0.3 is 6.03 Å². The minimum absolute atomic E-state index is 0.0444. The summed E-state index contributed by atoms with van der Waals surface area (Å²) in [4.78, 5) is 12.1. The van der Waals surface area contributed by atoms with Crippen molar-refractivity contribution in [3.05, 3.63) is 46.6 Å². The molecule has 1 aromatic heterocycles. The van der Waals surface area contributed by atoms with Crippen LogP contribution in [0.2, 0.25) is 0 Å². The molecule has 0 saturated heterocycles. The van der Waals surface area contributed by atoms with Crippen LogP contribution in [0.1, 0.15) is 29.3 Å². The zero-order valence-corrected chi connectivity index (χ0v) is 15.0. The maximum atomic E-state index is 12.1. The molecule has 0 bridgehead atoms. The van der Waals surface area contributed by atoms with Gasteiger partial charge in [0, 0.05) is 13.1 Å². The number of ether oxygens (including phenoxy) is 1. The van der Waals surface area contributed by atoms with Crippen LogP contribution in [0, 0.1) is 13.8 Å². The van der Waals surface area contributed by atoms with Crippen molar-refractivity contribution in [3.8, 4) is 5.88 Å². The number of urea groups is 1. The molecule has 1 aromatic carbocycles. The lowest BCUT2D eigenvalue weighted by molar-refractivity contribution is 0.237. The fraction of sp³-hybridized carbons (Fsp3) is 0.444. The molecule has 0 spiro atoms. The molecule has 24 heavy (non-hydrogen) atoms. The van der Waals surface area contributed by atoms with Crippen molar-refractivity contribution in [2.24, 2.45) is 7.05 Å². The Morgan fingerprint density at radius 2 is 2.04 bits per heavy atom. The molecule has 0 aliphatic rings. The molecule has 2 aromatic rings. The number of aromatic nitrogens is 2. The van der Waals surface area contributed by atoms with Gasteiger partial charge in [-0.15, -0.1) is 0 Å². The number of carbonyl (C=O) groups excluding carboxylic acids is 1. The molecule has 6 heteroatoms. The van der Waals surface area contributed by atoms with E-state index in [9.17, 15) is 4.79 Å². The molecule has 0 fully saturated rings. The molecule has 1 atom stereocenters. The average molecular weight is 330 g/mol. The highest BCUT2D eigenvalue weighted by Crippen LogP contribution is 2.20. The van der Waals surface area contributed by atoms with E-state index in [1.54, 1.807) is 11.8 Å². The number of aryl methyl sites for hydroxylation is 3. The highest BCUT2D eigenvalue weighted by Gasteiger charge is 2.15. The predicted molar refractivity (Wildman–Crippen MR) is 94.2 cm³/mol.